The van der Waals surface area contributed by atoms with Gasteiger partial charge in [0.15, 0.2) is 11.6 Å². The second-order valence-electron chi connectivity index (χ2n) is 4.92. The van der Waals surface area contributed by atoms with Crippen molar-refractivity contribution in [2.45, 2.75) is 13.3 Å². The maximum Gasteiger partial charge on any atom is 0.248 e. The number of aromatic nitrogens is 3. The van der Waals surface area contributed by atoms with E-state index in [1.807, 2.05) is 24.3 Å². The lowest BCUT2D eigenvalue weighted by atomic mass is 10.2. The molecule has 0 bridgehead atoms. The molecule has 3 N–H and O–H groups in total. The van der Waals surface area contributed by atoms with Gasteiger partial charge in [0.25, 0.3) is 0 Å². The fraction of sp³-hybridized carbons (Fsp3) is 0.188. The molecule has 3 rings (SSSR count). The van der Waals surface area contributed by atoms with Crippen LogP contribution in [0.3, 0.4) is 0 Å². The number of fused-ring (bicyclic) bond motifs is 1. The molecule has 2 heterocycles. The largest absolute Gasteiger partial charge is 0.435 e. The summed E-state index contributed by atoms with van der Waals surface area (Å²) in [6.45, 7) is 2.85. The minimum atomic E-state index is 0.313. The van der Waals surface area contributed by atoms with Crippen LogP contribution in [0.2, 0.25) is 0 Å². The number of nitrogens with zero attached hydrogens (tertiary/aromatic N) is 3. The summed E-state index contributed by atoms with van der Waals surface area (Å²) < 4.78 is 6.85. The van der Waals surface area contributed by atoms with Gasteiger partial charge in [-0.05, 0) is 24.6 Å². The van der Waals surface area contributed by atoms with Crippen molar-refractivity contribution in [3.63, 3.8) is 0 Å². The topological polar surface area (TPSA) is 86.0 Å². The van der Waals surface area contributed by atoms with Crippen molar-refractivity contribution in [1.29, 1.82) is 0 Å². The molecule has 0 saturated heterocycles. The Morgan fingerprint density at radius 2 is 2.09 bits per heavy atom. The van der Waals surface area contributed by atoms with Crippen LogP contribution in [0.25, 0.3) is 10.9 Å². The summed E-state index contributed by atoms with van der Waals surface area (Å²) in [6.07, 6.45) is 4.12. The number of nitrogen functional groups attached to an aromatic ring is 1. The molecule has 0 saturated carbocycles. The maximum atomic E-state index is 6.10. The van der Waals surface area contributed by atoms with Crippen molar-refractivity contribution in [3.05, 3.63) is 41.3 Å². The van der Waals surface area contributed by atoms with E-state index in [-0.39, 0.29) is 0 Å². The van der Waals surface area contributed by atoms with Crippen LogP contribution in [-0.2, 0) is 0 Å². The van der Waals surface area contributed by atoms with Crippen LogP contribution in [0.4, 0.5) is 11.5 Å². The number of hydrogen-bond acceptors (Lipinski definition) is 6. The highest BCUT2D eigenvalue weighted by atomic mass is 79.9. The van der Waals surface area contributed by atoms with Gasteiger partial charge in [0.1, 0.15) is 17.5 Å². The van der Waals surface area contributed by atoms with E-state index in [0.29, 0.717) is 23.1 Å². The summed E-state index contributed by atoms with van der Waals surface area (Å²) in [5.74, 6) is 1.48. The number of hydrogen-bond donors (Lipinski definition) is 2. The molecule has 2 aromatic heterocycles. The quantitative estimate of drug-likeness (QED) is 0.703. The van der Waals surface area contributed by atoms with Gasteiger partial charge in [-0.2, -0.15) is 4.98 Å². The van der Waals surface area contributed by atoms with Gasteiger partial charge >= 0.3 is 0 Å². The van der Waals surface area contributed by atoms with E-state index in [0.717, 1.165) is 28.3 Å². The number of anilines is 2. The van der Waals surface area contributed by atoms with E-state index < -0.39 is 0 Å². The third-order valence-electron chi connectivity index (χ3n) is 3.28. The number of nitrogens with one attached hydrogen (secondary N) is 1. The van der Waals surface area contributed by atoms with E-state index in [1.165, 1.54) is 6.33 Å². The van der Waals surface area contributed by atoms with E-state index in [9.17, 15) is 0 Å². The zero-order chi connectivity index (χ0) is 16.2. The number of ether oxygens (including phenoxy) is 1. The van der Waals surface area contributed by atoms with Crippen LogP contribution in [0, 0.1) is 0 Å². The van der Waals surface area contributed by atoms with Crippen molar-refractivity contribution in [2.75, 3.05) is 17.6 Å². The molecule has 0 aliphatic rings. The second kappa shape index (κ2) is 6.78. The van der Waals surface area contributed by atoms with E-state index in [2.05, 4.69) is 43.1 Å². The van der Waals surface area contributed by atoms with Crippen LogP contribution < -0.4 is 15.8 Å². The Morgan fingerprint density at radius 3 is 2.91 bits per heavy atom. The van der Waals surface area contributed by atoms with Crippen molar-refractivity contribution in [2.24, 2.45) is 0 Å². The molecule has 0 amide bonds. The molecule has 23 heavy (non-hydrogen) atoms. The molecular formula is C16H16BrN5O. The van der Waals surface area contributed by atoms with Gasteiger partial charge in [0.2, 0.25) is 5.88 Å². The fourth-order valence-corrected chi connectivity index (χ4v) is 2.60. The number of pyridine rings is 1. The number of benzene rings is 1. The Kier molecular flexibility index (Phi) is 4.57. The van der Waals surface area contributed by atoms with Crippen LogP contribution in [0.1, 0.15) is 13.3 Å². The molecule has 0 spiro atoms. The molecule has 118 valence electrons. The molecule has 0 aliphatic carbocycles. The number of rotatable bonds is 5. The van der Waals surface area contributed by atoms with Crippen molar-refractivity contribution in [1.82, 2.24) is 15.0 Å². The highest BCUT2D eigenvalue weighted by Crippen LogP contribution is 2.35. The van der Waals surface area contributed by atoms with Crippen LogP contribution in [-0.4, -0.2) is 21.5 Å². The van der Waals surface area contributed by atoms with Gasteiger partial charge in [-0.3, -0.25) is 4.98 Å². The van der Waals surface area contributed by atoms with Crippen molar-refractivity contribution < 1.29 is 4.74 Å². The zero-order valence-corrected chi connectivity index (χ0v) is 14.2. The first kappa shape index (κ1) is 15.5. The Labute approximate surface area is 142 Å². The SMILES string of the molecule is CCCNc1ncnc(Oc2ccc(Br)c3cccnc23)c1N. The highest BCUT2D eigenvalue weighted by molar-refractivity contribution is 9.10. The molecular weight excluding hydrogens is 358 g/mol. The van der Waals surface area contributed by atoms with E-state index in [4.69, 9.17) is 10.5 Å². The average Bonchev–Trinajstić information content (AvgIpc) is 2.58. The second-order valence-corrected chi connectivity index (χ2v) is 5.77. The van der Waals surface area contributed by atoms with Gasteiger partial charge in [-0.1, -0.05) is 28.9 Å². The molecule has 7 heteroatoms. The summed E-state index contributed by atoms with van der Waals surface area (Å²) in [5.41, 5.74) is 7.22. The van der Waals surface area contributed by atoms with E-state index >= 15 is 0 Å². The first-order chi connectivity index (χ1) is 11.2. The van der Waals surface area contributed by atoms with Gasteiger partial charge in [0.05, 0.1) is 0 Å². The van der Waals surface area contributed by atoms with Gasteiger partial charge < -0.3 is 15.8 Å². The lowest BCUT2D eigenvalue weighted by Crippen LogP contribution is -2.07. The fourth-order valence-electron chi connectivity index (χ4n) is 2.14. The average molecular weight is 374 g/mol. The standard InChI is InChI=1S/C16H16BrN5O/c1-2-7-20-15-13(18)16(22-9-21-15)23-12-6-5-11(17)10-4-3-8-19-14(10)12/h3-6,8-9H,2,7,18H2,1H3,(H,20,21,22). The van der Waals surface area contributed by atoms with E-state index in [1.54, 1.807) is 6.20 Å². The summed E-state index contributed by atoms with van der Waals surface area (Å²) in [7, 11) is 0. The van der Waals surface area contributed by atoms with Crippen molar-refractivity contribution in [3.8, 4) is 11.6 Å². The third kappa shape index (κ3) is 3.19. The van der Waals surface area contributed by atoms with Gasteiger partial charge in [-0.15, -0.1) is 0 Å². The van der Waals surface area contributed by atoms with Crippen LogP contribution >= 0.6 is 15.9 Å². The monoisotopic (exact) mass is 373 g/mol. The summed E-state index contributed by atoms with van der Waals surface area (Å²) in [5, 5.41) is 4.12. The van der Waals surface area contributed by atoms with Gasteiger partial charge in [-0.25, -0.2) is 4.98 Å². The molecule has 0 fully saturated rings. The predicted octanol–water partition coefficient (Wildman–Crippen LogP) is 3.98. The highest BCUT2D eigenvalue weighted by Gasteiger charge is 2.13. The first-order valence-electron chi connectivity index (χ1n) is 7.26. The summed E-state index contributed by atoms with van der Waals surface area (Å²) >= 11 is 3.52. The summed E-state index contributed by atoms with van der Waals surface area (Å²) in [4.78, 5) is 12.7. The van der Waals surface area contributed by atoms with Crippen molar-refractivity contribution >= 4 is 38.3 Å². The molecule has 3 aromatic rings. The molecule has 6 nitrogen and oxygen atoms in total. The smallest absolute Gasteiger partial charge is 0.248 e. The number of halogens is 1. The molecule has 1 aromatic carbocycles. The first-order valence-corrected chi connectivity index (χ1v) is 8.05. The van der Waals surface area contributed by atoms with Crippen LogP contribution in [0.5, 0.6) is 11.6 Å². The normalized spacial score (nSPS) is 10.7. The lowest BCUT2D eigenvalue weighted by molar-refractivity contribution is 0.468. The Bertz CT molecular complexity index is 840. The Balaban J connectivity index is 1.98. The molecule has 0 unspecified atom stereocenters. The zero-order valence-electron chi connectivity index (χ0n) is 12.6. The number of nitrogens with two attached hydrogens (primary N) is 1. The Hall–Kier alpha value is -2.41. The minimum absolute atomic E-state index is 0.313. The molecule has 0 aliphatic heterocycles. The molecule has 0 radical (unpaired) electrons. The minimum Gasteiger partial charge on any atom is -0.435 e. The Morgan fingerprint density at radius 1 is 1.22 bits per heavy atom. The van der Waals surface area contributed by atoms with Crippen LogP contribution in [0.15, 0.2) is 41.3 Å². The van der Waals surface area contributed by atoms with Gasteiger partial charge in [0, 0.05) is 22.6 Å². The maximum absolute atomic E-state index is 6.10. The molecule has 0 atom stereocenters. The predicted molar refractivity (Wildman–Crippen MR) is 94.7 cm³/mol. The third-order valence-corrected chi connectivity index (χ3v) is 3.97. The lowest BCUT2D eigenvalue weighted by Gasteiger charge is -2.12. The summed E-state index contributed by atoms with van der Waals surface area (Å²) in [6, 6.07) is 7.59.